The quantitative estimate of drug-likeness (QED) is 0.589. The molecule has 11 heteroatoms. The van der Waals surface area contributed by atoms with Crippen molar-refractivity contribution < 1.29 is 19.1 Å². The third-order valence-electron chi connectivity index (χ3n) is 5.63. The molecule has 4 amide bonds. The molecule has 2 aromatic rings. The van der Waals surface area contributed by atoms with Crippen molar-refractivity contribution in [1.82, 2.24) is 18.9 Å². The van der Waals surface area contributed by atoms with Crippen molar-refractivity contribution in [2.75, 3.05) is 14.1 Å². The molecule has 1 fully saturated rings. The number of ether oxygens (including phenoxy) is 1. The van der Waals surface area contributed by atoms with Crippen LogP contribution in [0.25, 0.3) is 0 Å². The third kappa shape index (κ3) is 2.22. The summed E-state index contributed by atoms with van der Waals surface area (Å²) in [6.07, 6.45) is 0. The molecule has 0 saturated carbocycles. The summed E-state index contributed by atoms with van der Waals surface area (Å²) >= 11 is 6.38. The predicted octanol–water partition coefficient (Wildman–Crippen LogP) is 0.0509. The Kier molecular flexibility index (Phi) is 4.18. The number of carbonyl (C=O) groups excluding carboxylic acids is 3. The standard InChI is InChI=1S/C19H17ClN4O6/c1-21-13(25)11-12(9-7-5-6-8-10(9)20)19(30-14(11)22(2)17(21)28)15(26)23(3)18(29)24(4)16(19)27/h5-8,12H,1-4H3. The van der Waals surface area contributed by atoms with Gasteiger partial charge in [0.15, 0.2) is 0 Å². The van der Waals surface area contributed by atoms with Crippen LogP contribution in [0.2, 0.25) is 5.02 Å². The topological polar surface area (TPSA) is 111 Å². The van der Waals surface area contributed by atoms with Crippen LogP contribution in [-0.4, -0.2) is 56.5 Å². The number of halogens is 1. The van der Waals surface area contributed by atoms with Gasteiger partial charge in [0.25, 0.3) is 23.0 Å². The second-order valence-electron chi connectivity index (χ2n) is 7.23. The number of imide groups is 2. The number of rotatable bonds is 1. The molecular weight excluding hydrogens is 416 g/mol. The molecule has 1 saturated heterocycles. The van der Waals surface area contributed by atoms with Crippen molar-refractivity contribution >= 4 is 29.4 Å². The van der Waals surface area contributed by atoms with Gasteiger partial charge in [-0.25, -0.2) is 9.59 Å². The number of fused-ring (bicyclic) bond motifs is 1. The van der Waals surface area contributed by atoms with E-state index in [1.54, 1.807) is 24.3 Å². The second-order valence-corrected chi connectivity index (χ2v) is 7.63. The Morgan fingerprint density at radius 3 is 2.03 bits per heavy atom. The maximum Gasteiger partial charge on any atom is 0.333 e. The van der Waals surface area contributed by atoms with Crippen LogP contribution in [0.5, 0.6) is 5.88 Å². The van der Waals surface area contributed by atoms with Crippen LogP contribution in [0.4, 0.5) is 4.79 Å². The SMILES string of the molecule is CN1C(=O)N(C)C(=O)C2(Oc3c(c(=O)n(C)c(=O)n3C)C2c2ccccc2Cl)C1=O. The molecule has 10 nitrogen and oxygen atoms in total. The first-order valence-electron chi connectivity index (χ1n) is 8.89. The molecule has 1 spiro atoms. The zero-order chi connectivity index (χ0) is 22.1. The van der Waals surface area contributed by atoms with Crippen molar-refractivity contribution in [3.63, 3.8) is 0 Å². The van der Waals surface area contributed by atoms with E-state index in [9.17, 15) is 24.0 Å². The molecule has 0 N–H and O–H groups in total. The highest BCUT2D eigenvalue weighted by Crippen LogP contribution is 2.50. The van der Waals surface area contributed by atoms with E-state index in [1.807, 2.05) is 0 Å². The number of benzene rings is 1. The minimum absolute atomic E-state index is 0.0643. The van der Waals surface area contributed by atoms with Crippen molar-refractivity contribution in [3.05, 3.63) is 61.3 Å². The van der Waals surface area contributed by atoms with E-state index in [0.29, 0.717) is 0 Å². The van der Waals surface area contributed by atoms with Crippen molar-refractivity contribution in [2.24, 2.45) is 14.1 Å². The van der Waals surface area contributed by atoms with Gasteiger partial charge in [0, 0.05) is 33.2 Å². The highest BCUT2D eigenvalue weighted by Gasteiger charge is 2.68. The monoisotopic (exact) mass is 432 g/mol. The van der Waals surface area contributed by atoms with Crippen LogP contribution < -0.4 is 16.0 Å². The Balaban J connectivity index is 2.15. The van der Waals surface area contributed by atoms with Gasteiger partial charge in [0.1, 0.15) is 0 Å². The normalized spacial score (nSPS) is 20.0. The fraction of sp³-hybridized carbons (Fsp3) is 0.316. The largest absolute Gasteiger partial charge is 0.450 e. The summed E-state index contributed by atoms with van der Waals surface area (Å²) in [7, 11) is 5.07. The zero-order valence-corrected chi connectivity index (χ0v) is 17.3. The lowest BCUT2D eigenvalue weighted by Crippen LogP contribution is -2.70. The minimum atomic E-state index is -2.30. The average molecular weight is 433 g/mol. The summed E-state index contributed by atoms with van der Waals surface area (Å²) in [5, 5.41) is 0.192. The summed E-state index contributed by atoms with van der Waals surface area (Å²) in [6, 6.07) is 5.56. The molecule has 156 valence electrons. The molecule has 1 aromatic carbocycles. The predicted molar refractivity (Wildman–Crippen MR) is 105 cm³/mol. The molecule has 2 aliphatic rings. The van der Waals surface area contributed by atoms with Crippen molar-refractivity contribution in [2.45, 2.75) is 11.5 Å². The first-order chi connectivity index (χ1) is 14.1. The number of nitrogens with zero attached hydrogens (tertiary/aromatic N) is 4. The highest BCUT2D eigenvalue weighted by atomic mass is 35.5. The number of urea groups is 1. The summed E-state index contributed by atoms with van der Waals surface area (Å²) in [4.78, 5) is 66.1. The number of aromatic nitrogens is 2. The van der Waals surface area contributed by atoms with Crippen LogP contribution in [-0.2, 0) is 23.7 Å². The van der Waals surface area contributed by atoms with Crippen molar-refractivity contribution in [3.8, 4) is 5.88 Å². The Bertz CT molecular complexity index is 1240. The van der Waals surface area contributed by atoms with Gasteiger partial charge in [-0.05, 0) is 11.6 Å². The van der Waals surface area contributed by atoms with E-state index in [2.05, 4.69) is 0 Å². The Hall–Kier alpha value is -3.40. The number of barbiturate groups is 1. The van der Waals surface area contributed by atoms with Crippen LogP contribution >= 0.6 is 11.6 Å². The third-order valence-corrected chi connectivity index (χ3v) is 5.98. The fourth-order valence-corrected chi connectivity index (χ4v) is 4.29. The molecule has 1 aromatic heterocycles. The van der Waals surface area contributed by atoms with E-state index in [0.717, 1.165) is 18.9 Å². The first-order valence-corrected chi connectivity index (χ1v) is 9.27. The Morgan fingerprint density at radius 2 is 1.47 bits per heavy atom. The minimum Gasteiger partial charge on any atom is -0.450 e. The summed E-state index contributed by atoms with van der Waals surface area (Å²) < 4.78 is 7.79. The van der Waals surface area contributed by atoms with Gasteiger partial charge in [-0.2, -0.15) is 0 Å². The zero-order valence-electron chi connectivity index (χ0n) is 16.5. The van der Waals surface area contributed by atoms with Gasteiger partial charge in [-0.3, -0.25) is 33.3 Å². The molecule has 1 unspecified atom stereocenters. The Morgan fingerprint density at radius 1 is 0.900 bits per heavy atom. The Labute approximate surface area is 174 Å². The average Bonchev–Trinajstić information content (AvgIpc) is 3.10. The molecule has 0 bridgehead atoms. The smallest absolute Gasteiger partial charge is 0.333 e. The molecular formula is C19H17ClN4O6. The molecule has 3 heterocycles. The number of likely N-dealkylation sites (N-methyl/N-ethyl adjacent to an activating group) is 2. The summed E-state index contributed by atoms with van der Waals surface area (Å²) in [5.41, 5.74) is -3.50. The second kappa shape index (κ2) is 6.30. The number of carbonyl (C=O) groups is 3. The lowest BCUT2D eigenvalue weighted by atomic mass is 9.77. The molecule has 1 atom stereocenters. The molecule has 0 radical (unpaired) electrons. The maximum atomic E-state index is 13.4. The van der Waals surface area contributed by atoms with E-state index in [-0.39, 0.29) is 22.0 Å². The van der Waals surface area contributed by atoms with E-state index in [4.69, 9.17) is 16.3 Å². The summed E-state index contributed by atoms with van der Waals surface area (Å²) in [6.45, 7) is 0. The highest BCUT2D eigenvalue weighted by molar-refractivity contribution is 6.32. The van der Waals surface area contributed by atoms with Gasteiger partial charge >= 0.3 is 11.7 Å². The van der Waals surface area contributed by atoms with Gasteiger partial charge in [-0.15, -0.1) is 0 Å². The molecule has 2 aliphatic heterocycles. The number of hydrogen-bond acceptors (Lipinski definition) is 6. The number of amides is 4. The van der Waals surface area contributed by atoms with Crippen LogP contribution in [0.3, 0.4) is 0 Å². The lowest BCUT2D eigenvalue weighted by molar-refractivity contribution is -0.164. The van der Waals surface area contributed by atoms with Crippen molar-refractivity contribution in [1.29, 1.82) is 0 Å². The van der Waals surface area contributed by atoms with E-state index in [1.165, 1.54) is 28.2 Å². The molecule has 0 aliphatic carbocycles. The van der Waals surface area contributed by atoms with Gasteiger partial charge in [-0.1, -0.05) is 29.8 Å². The first kappa shape index (κ1) is 19.9. The fourth-order valence-electron chi connectivity index (χ4n) is 4.04. The van der Waals surface area contributed by atoms with Gasteiger partial charge in [0.05, 0.1) is 11.5 Å². The van der Waals surface area contributed by atoms with Crippen LogP contribution in [0.15, 0.2) is 33.9 Å². The lowest BCUT2D eigenvalue weighted by Gasteiger charge is -2.41. The summed E-state index contributed by atoms with van der Waals surface area (Å²) in [5.74, 6) is -3.40. The number of hydrogen-bond donors (Lipinski definition) is 0. The molecule has 4 rings (SSSR count). The van der Waals surface area contributed by atoms with Gasteiger partial charge < -0.3 is 4.74 Å². The van der Waals surface area contributed by atoms with E-state index < -0.39 is 40.6 Å². The maximum absolute atomic E-state index is 13.4. The van der Waals surface area contributed by atoms with E-state index >= 15 is 0 Å². The van der Waals surface area contributed by atoms with Crippen LogP contribution in [0.1, 0.15) is 17.0 Å². The van der Waals surface area contributed by atoms with Gasteiger partial charge in [0.2, 0.25) is 5.88 Å². The molecule has 30 heavy (non-hydrogen) atoms. The van der Waals surface area contributed by atoms with Crippen LogP contribution in [0, 0.1) is 0 Å².